The number of Topliss-reactive ketones (excluding diaryl/α,β-unsaturated/α-hetero) is 1. The minimum absolute atomic E-state index is 0.0737. The predicted molar refractivity (Wildman–Crippen MR) is 59.5 cm³/mol. The summed E-state index contributed by atoms with van der Waals surface area (Å²) in [6, 6.07) is 2.63. The van der Waals surface area contributed by atoms with Crippen molar-refractivity contribution in [3.63, 3.8) is 0 Å². The second kappa shape index (κ2) is 5.82. The third-order valence-electron chi connectivity index (χ3n) is 2.58. The smallest absolute Gasteiger partial charge is 0.407 e. The van der Waals surface area contributed by atoms with E-state index in [2.05, 4.69) is 0 Å². The maximum absolute atomic E-state index is 12.5. The van der Waals surface area contributed by atoms with E-state index < -0.39 is 29.6 Å². The molecule has 3 nitrogen and oxygen atoms in total. The van der Waals surface area contributed by atoms with Crippen molar-refractivity contribution in [1.82, 2.24) is 0 Å². The molecule has 0 atom stereocenters. The lowest BCUT2D eigenvalue weighted by atomic mass is 9.96. The van der Waals surface area contributed by atoms with Gasteiger partial charge < -0.3 is 9.47 Å². The zero-order valence-corrected chi connectivity index (χ0v) is 10.8. The zero-order valence-electron chi connectivity index (χ0n) is 10.8. The third-order valence-corrected chi connectivity index (χ3v) is 2.58. The molecule has 0 saturated heterocycles. The van der Waals surface area contributed by atoms with Crippen LogP contribution in [0.1, 0.15) is 10.4 Å². The highest BCUT2D eigenvalue weighted by Crippen LogP contribution is 2.42. The summed E-state index contributed by atoms with van der Waals surface area (Å²) < 4.78 is 84.4. The molecular formula is C12H10F6O3. The normalized spacial score (nSPS) is 12.4. The highest BCUT2D eigenvalue weighted by molar-refractivity contribution is 5.99. The predicted octanol–water partition coefficient (Wildman–Crippen LogP) is 3.63. The summed E-state index contributed by atoms with van der Waals surface area (Å²) in [5, 5.41) is 0. The van der Waals surface area contributed by atoms with E-state index in [1.54, 1.807) is 0 Å². The van der Waals surface area contributed by atoms with Gasteiger partial charge >= 0.3 is 12.4 Å². The molecule has 1 aromatic carbocycles. The van der Waals surface area contributed by atoms with Crippen LogP contribution >= 0.6 is 0 Å². The van der Waals surface area contributed by atoms with Gasteiger partial charge in [-0.1, -0.05) is 0 Å². The summed E-state index contributed by atoms with van der Waals surface area (Å²) in [5.74, 6) is -6.25. The molecule has 0 heterocycles. The number of benzene rings is 1. The minimum Gasteiger partial charge on any atom is -0.493 e. The van der Waals surface area contributed by atoms with Crippen LogP contribution in [0.2, 0.25) is 0 Å². The first-order chi connectivity index (χ1) is 9.52. The zero-order chi connectivity index (χ0) is 16.4. The van der Waals surface area contributed by atoms with Crippen molar-refractivity contribution in [3.8, 4) is 11.5 Å². The van der Waals surface area contributed by atoms with Gasteiger partial charge in [-0.25, -0.2) is 0 Å². The van der Waals surface area contributed by atoms with Crippen molar-refractivity contribution in [2.75, 3.05) is 14.2 Å². The number of halogens is 6. The van der Waals surface area contributed by atoms with E-state index in [9.17, 15) is 31.1 Å². The van der Waals surface area contributed by atoms with E-state index >= 15 is 0 Å². The Bertz CT molecular complexity index is 507. The fourth-order valence-corrected chi connectivity index (χ4v) is 1.64. The molecule has 0 unspecified atom stereocenters. The molecule has 1 aromatic rings. The molecule has 118 valence electrons. The lowest BCUT2D eigenvalue weighted by Crippen LogP contribution is -2.42. The van der Waals surface area contributed by atoms with E-state index in [4.69, 9.17) is 9.47 Å². The Hall–Kier alpha value is -1.93. The molecule has 0 bridgehead atoms. The molecule has 0 aliphatic heterocycles. The van der Waals surface area contributed by atoms with Gasteiger partial charge in [0.05, 0.1) is 14.2 Å². The van der Waals surface area contributed by atoms with Crippen molar-refractivity contribution in [1.29, 1.82) is 0 Å². The summed E-state index contributed by atoms with van der Waals surface area (Å²) in [6.45, 7) is 0. The molecule has 9 heteroatoms. The van der Waals surface area contributed by atoms with Crippen LogP contribution in [-0.2, 0) is 0 Å². The Labute approximate surface area is 115 Å². The van der Waals surface area contributed by atoms with Gasteiger partial charge in [-0.2, -0.15) is 26.3 Å². The number of alkyl halides is 6. The van der Waals surface area contributed by atoms with Gasteiger partial charge in [-0.3, -0.25) is 4.79 Å². The number of ether oxygens (including phenoxy) is 2. The number of rotatable bonds is 4. The Balaban J connectivity index is 3.28. The van der Waals surface area contributed by atoms with Crippen LogP contribution in [0.15, 0.2) is 18.2 Å². The van der Waals surface area contributed by atoms with Crippen molar-refractivity contribution >= 4 is 5.78 Å². The molecule has 0 aromatic heterocycles. The quantitative estimate of drug-likeness (QED) is 0.628. The summed E-state index contributed by atoms with van der Waals surface area (Å²) in [4.78, 5) is 11.6. The number of hydrogen-bond acceptors (Lipinski definition) is 3. The van der Waals surface area contributed by atoms with Gasteiger partial charge in [-0.05, 0) is 18.2 Å². The number of ketones is 1. The van der Waals surface area contributed by atoms with Gasteiger partial charge in [-0.15, -0.1) is 0 Å². The highest BCUT2D eigenvalue weighted by Gasteiger charge is 2.60. The maximum atomic E-state index is 12.5. The third kappa shape index (κ3) is 3.79. The van der Waals surface area contributed by atoms with Gasteiger partial charge in [0.25, 0.3) is 0 Å². The van der Waals surface area contributed by atoms with Crippen molar-refractivity contribution in [2.45, 2.75) is 12.4 Å². The second-order valence-corrected chi connectivity index (χ2v) is 3.95. The van der Waals surface area contributed by atoms with Gasteiger partial charge in [0.1, 0.15) is 0 Å². The highest BCUT2D eigenvalue weighted by atomic mass is 19.4. The first-order valence-electron chi connectivity index (χ1n) is 5.42. The fraction of sp³-hybridized carbons (Fsp3) is 0.417. The number of carbonyl (C=O) groups excluding carboxylic acids is 1. The summed E-state index contributed by atoms with van der Waals surface area (Å²) in [7, 11) is 2.37. The minimum atomic E-state index is -5.73. The molecule has 0 radical (unpaired) electrons. The van der Waals surface area contributed by atoms with Gasteiger partial charge in [0.2, 0.25) is 5.92 Å². The molecule has 0 aliphatic carbocycles. The number of methoxy groups -OCH3 is 2. The van der Waals surface area contributed by atoms with Crippen molar-refractivity contribution < 1.29 is 40.6 Å². The van der Waals surface area contributed by atoms with Crippen LogP contribution in [0.5, 0.6) is 11.5 Å². The second-order valence-electron chi connectivity index (χ2n) is 3.95. The maximum Gasteiger partial charge on any atom is 0.407 e. The van der Waals surface area contributed by atoms with E-state index in [1.807, 2.05) is 0 Å². The fourth-order valence-electron chi connectivity index (χ4n) is 1.64. The topological polar surface area (TPSA) is 35.5 Å². The van der Waals surface area contributed by atoms with Crippen molar-refractivity contribution in [2.24, 2.45) is 5.92 Å². The lowest BCUT2D eigenvalue weighted by molar-refractivity contribution is -0.264. The van der Waals surface area contributed by atoms with E-state index in [0.29, 0.717) is 0 Å². The molecule has 0 spiro atoms. The molecule has 0 amide bonds. The number of hydrogen-bond donors (Lipinski definition) is 0. The monoisotopic (exact) mass is 316 g/mol. The largest absolute Gasteiger partial charge is 0.493 e. The van der Waals surface area contributed by atoms with Crippen LogP contribution in [0.4, 0.5) is 26.3 Å². The molecule has 1 rings (SSSR count). The molecule has 0 N–H and O–H groups in total. The van der Waals surface area contributed by atoms with Crippen molar-refractivity contribution in [3.05, 3.63) is 23.8 Å². The summed E-state index contributed by atoms with van der Waals surface area (Å²) in [6.07, 6.45) is -11.5. The van der Waals surface area contributed by atoms with Gasteiger partial charge in [0, 0.05) is 5.56 Å². The van der Waals surface area contributed by atoms with Gasteiger partial charge in [0.15, 0.2) is 17.3 Å². The lowest BCUT2D eigenvalue weighted by Gasteiger charge is -2.22. The molecule has 0 saturated carbocycles. The number of carbonyl (C=O) groups is 1. The van der Waals surface area contributed by atoms with E-state index in [0.717, 1.165) is 25.3 Å². The molecule has 21 heavy (non-hydrogen) atoms. The van der Waals surface area contributed by atoms with Crippen LogP contribution in [0.3, 0.4) is 0 Å². The summed E-state index contributed by atoms with van der Waals surface area (Å²) >= 11 is 0. The molecule has 0 aliphatic rings. The Morgan fingerprint density at radius 2 is 1.43 bits per heavy atom. The average Bonchev–Trinajstić information content (AvgIpc) is 2.34. The van der Waals surface area contributed by atoms with E-state index in [-0.39, 0.29) is 11.5 Å². The summed E-state index contributed by atoms with van der Waals surface area (Å²) in [5.41, 5.74) is -0.771. The molecule has 0 fully saturated rings. The SMILES string of the molecule is COc1ccc(C(=O)C(C(F)(F)F)C(F)(F)F)cc1OC. The Kier molecular flexibility index (Phi) is 4.75. The molecular weight excluding hydrogens is 306 g/mol. The van der Waals surface area contributed by atoms with Crippen LogP contribution in [0, 0.1) is 5.92 Å². The van der Waals surface area contributed by atoms with Crippen LogP contribution in [-0.4, -0.2) is 32.4 Å². The van der Waals surface area contributed by atoms with E-state index in [1.165, 1.54) is 7.11 Å². The Morgan fingerprint density at radius 3 is 1.81 bits per heavy atom. The average molecular weight is 316 g/mol. The Morgan fingerprint density at radius 1 is 0.952 bits per heavy atom. The van der Waals surface area contributed by atoms with Crippen LogP contribution in [0.25, 0.3) is 0 Å². The first kappa shape index (κ1) is 17.1. The standard InChI is InChI=1S/C12H10F6O3/c1-20-7-4-3-6(5-8(7)21-2)9(19)10(11(13,14)15)12(16,17)18/h3-5,10H,1-2H3. The first-order valence-corrected chi connectivity index (χ1v) is 5.42. The van der Waals surface area contributed by atoms with Crippen LogP contribution < -0.4 is 9.47 Å².